The van der Waals surface area contributed by atoms with E-state index in [4.69, 9.17) is 11.6 Å². The molecule has 14 heavy (non-hydrogen) atoms. The van der Waals surface area contributed by atoms with Crippen LogP contribution in [0.3, 0.4) is 0 Å². The normalized spacial score (nSPS) is 25.4. The SMILES string of the molecule is CCC1(C)CCc2c(Cl)cccc2N1. The molecule has 1 N–H and O–H groups in total. The minimum Gasteiger partial charge on any atom is -0.380 e. The van der Waals surface area contributed by atoms with Gasteiger partial charge in [-0.15, -0.1) is 0 Å². The fraction of sp³-hybridized carbons (Fsp3) is 0.500. The molecule has 1 aromatic rings. The van der Waals surface area contributed by atoms with Crippen molar-refractivity contribution in [3.8, 4) is 0 Å². The summed E-state index contributed by atoms with van der Waals surface area (Å²) in [5, 5.41) is 4.48. The molecule has 0 aliphatic carbocycles. The second-order valence-corrected chi connectivity index (χ2v) is 4.71. The molecule has 1 atom stereocenters. The summed E-state index contributed by atoms with van der Waals surface area (Å²) in [5.74, 6) is 0. The molecule has 1 nitrogen and oxygen atoms in total. The average Bonchev–Trinajstić information content (AvgIpc) is 2.18. The van der Waals surface area contributed by atoms with E-state index in [1.165, 1.54) is 17.7 Å². The van der Waals surface area contributed by atoms with Gasteiger partial charge in [0.15, 0.2) is 0 Å². The molecule has 0 saturated heterocycles. The highest BCUT2D eigenvalue weighted by Crippen LogP contribution is 2.35. The first-order valence-electron chi connectivity index (χ1n) is 5.20. The van der Waals surface area contributed by atoms with Crippen LogP contribution >= 0.6 is 11.6 Å². The van der Waals surface area contributed by atoms with Crippen molar-refractivity contribution in [1.82, 2.24) is 0 Å². The van der Waals surface area contributed by atoms with E-state index in [1.54, 1.807) is 0 Å². The second kappa shape index (κ2) is 3.47. The van der Waals surface area contributed by atoms with Gasteiger partial charge in [0.1, 0.15) is 0 Å². The van der Waals surface area contributed by atoms with Crippen molar-refractivity contribution in [3.63, 3.8) is 0 Å². The Hall–Kier alpha value is -0.690. The van der Waals surface area contributed by atoms with Crippen molar-refractivity contribution in [2.75, 3.05) is 5.32 Å². The van der Waals surface area contributed by atoms with Gasteiger partial charge in [0.25, 0.3) is 0 Å². The maximum atomic E-state index is 6.14. The number of anilines is 1. The lowest BCUT2D eigenvalue weighted by atomic mass is 9.86. The first-order valence-corrected chi connectivity index (χ1v) is 5.58. The highest BCUT2D eigenvalue weighted by Gasteiger charge is 2.27. The van der Waals surface area contributed by atoms with Crippen LogP contribution < -0.4 is 5.32 Å². The summed E-state index contributed by atoms with van der Waals surface area (Å²) in [6.45, 7) is 4.50. The zero-order valence-corrected chi connectivity index (χ0v) is 9.49. The third kappa shape index (κ3) is 1.61. The Morgan fingerprint density at radius 3 is 3.00 bits per heavy atom. The van der Waals surface area contributed by atoms with E-state index in [1.807, 2.05) is 12.1 Å². The number of nitrogens with one attached hydrogen (secondary N) is 1. The van der Waals surface area contributed by atoms with Crippen molar-refractivity contribution >= 4 is 17.3 Å². The smallest absolute Gasteiger partial charge is 0.0458 e. The topological polar surface area (TPSA) is 12.0 Å². The summed E-state index contributed by atoms with van der Waals surface area (Å²) >= 11 is 6.14. The molecule has 0 aromatic heterocycles. The summed E-state index contributed by atoms with van der Waals surface area (Å²) in [5.41, 5.74) is 2.74. The predicted molar refractivity (Wildman–Crippen MR) is 62.1 cm³/mol. The quantitative estimate of drug-likeness (QED) is 0.741. The zero-order valence-electron chi connectivity index (χ0n) is 8.73. The van der Waals surface area contributed by atoms with Crippen molar-refractivity contribution in [2.24, 2.45) is 0 Å². The summed E-state index contributed by atoms with van der Waals surface area (Å²) < 4.78 is 0. The third-order valence-electron chi connectivity index (χ3n) is 3.26. The zero-order chi connectivity index (χ0) is 10.2. The predicted octanol–water partition coefficient (Wildman–Crippen LogP) is 3.87. The maximum Gasteiger partial charge on any atom is 0.0458 e. The molecule has 1 aliphatic rings. The van der Waals surface area contributed by atoms with Crippen LogP contribution in [0.25, 0.3) is 0 Å². The Labute approximate surface area is 90.5 Å². The van der Waals surface area contributed by atoms with Crippen LogP contribution in [0.1, 0.15) is 32.3 Å². The van der Waals surface area contributed by atoms with Crippen molar-refractivity contribution in [3.05, 3.63) is 28.8 Å². The van der Waals surface area contributed by atoms with Gasteiger partial charge in [0.2, 0.25) is 0 Å². The van der Waals surface area contributed by atoms with E-state index in [2.05, 4.69) is 25.2 Å². The van der Waals surface area contributed by atoms with E-state index in [0.29, 0.717) is 0 Å². The van der Waals surface area contributed by atoms with Gasteiger partial charge < -0.3 is 5.32 Å². The molecular formula is C12H16ClN. The van der Waals surface area contributed by atoms with Gasteiger partial charge in [-0.1, -0.05) is 24.6 Å². The third-order valence-corrected chi connectivity index (χ3v) is 3.62. The van der Waals surface area contributed by atoms with Crippen LogP contribution in [0.5, 0.6) is 0 Å². The molecule has 76 valence electrons. The Morgan fingerprint density at radius 1 is 1.50 bits per heavy atom. The molecular weight excluding hydrogens is 194 g/mol. The van der Waals surface area contributed by atoms with E-state index in [9.17, 15) is 0 Å². The number of halogens is 1. The number of fused-ring (bicyclic) bond motifs is 1. The molecule has 2 rings (SSSR count). The molecule has 0 radical (unpaired) electrons. The number of benzene rings is 1. The van der Waals surface area contributed by atoms with E-state index in [-0.39, 0.29) is 5.54 Å². The van der Waals surface area contributed by atoms with E-state index >= 15 is 0 Å². The molecule has 1 unspecified atom stereocenters. The summed E-state index contributed by atoms with van der Waals surface area (Å²) in [7, 11) is 0. The summed E-state index contributed by atoms with van der Waals surface area (Å²) in [6, 6.07) is 6.10. The first kappa shape index (κ1) is 9.85. The number of rotatable bonds is 1. The van der Waals surface area contributed by atoms with Gasteiger partial charge >= 0.3 is 0 Å². The van der Waals surface area contributed by atoms with E-state index in [0.717, 1.165) is 17.9 Å². The number of hydrogen-bond donors (Lipinski definition) is 1. The highest BCUT2D eigenvalue weighted by molar-refractivity contribution is 6.31. The summed E-state index contributed by atoms with van der Waals surface area (Å²) in [6.07, 6.45) is 3.41. The Morgan fingerprint density at radius 2 is 2.29 bits per heavy atom. The molecule has 1 aliphatic heterocycles. The highest BCUT2D eigenvalue weighted by atomic mass is 35.5. The molecule has 0 fully saturated rings. The monoisotopic (exact) mass is 209 g/mol. The first-order chi connectivity index (χ1) is 6.64. The number of hydrogen-bond acceptors (Lipinski definition) is 1. The maximum absolute atomic E-state index is 6.14. The molecule has 0 bridgehead atoms. The van der Waals surface area contributed by atoms with Crippen molar-refractivity contribution in [1.29, 1.82) is 0 Å². The van der Waals surface area contributed by atoms with Gasteiger partial charge in [-0.2, -0.15) is 0 Å². The molecule has 1 heterocycles. The van der Waals surface area contributed by atoms with Crippen LogP contribution in [-0.4, -0.2) is 5.54 Å². The Kier molecular flexibility index (Phi) is 2.44. The Bertz CT molecular complexity index is 348. The van der Waals surface area contributed by atoms with Crippen LogP contribution in [0, 0.1) is 0 Å². The molecule has 1 aromatic carbocycles. The van der Waals surface area contributed by atoms with Gasteiger partial charge in [-0.3, -0.25) is 0 Å². The van der Waals surface area contributed by atoms with Crippen LogP contribution in [0.15, 0.2) is 18.2 Å². The molecule has 0 saturated carbocycles. The largest absolute Gasteiger partial charge is 0.380 e. The Balaban J connectivity index is 2.36. The van der Waals surface area contributed by atoms with Crippen LogP contribution in [0.4, 0.5) is 5.69 Å². The summed E-state index contributed by atoms with van der Waals surface area (Å²) in [4.78, 5) is 0. The molecule has 2 heteroatoms. The second-order valence-electron chi connectivity index (χ2n) is 4.31. The molecule has 0 spiro atoms. The average molecular weight is 210 g/mol. The van der Waals surface area contributed by atoms with Crippen LogP contribution in [0.2, 0.25) is 5.02 Å². The van der Waals surface area contributed by atoms with Crippen molar-refractivity contribution in [2.45, 2.75) is 38.6 Å². The fourth-order valence-electron chi connectivity index (χ4n) is 1.98. The lowest BCUT2D eigenvalue weighted by Gasteiger charge is -2.36. The van der Waals surface area contributed by atoms with Crippen molar-refractivity contribution < 1.29 is 0 Å². The fourth-order valence-corrected chi connectivity index (χ4v) is 2.25. The van der Waals surface area contributed by atoms with Gasteiger partial charge in [0.05, 0.1) is 0 Å². The van der Waals surface area contributed by atoms with Gasteiger partial charge in [-0.05, 0) is 43.9 Å². The lowest BCUT2D eigenvalue weighted by molar-refractivity contribution is 0.444. The van der Waals surface area contributed by atoms with E-state index < -0.39 is 0 Å². The van der Waals surface area contributed by atoms with Gasteiger partial charge in [0, 0.05) is 16.2 Å². The van der Waals surface area contributed by atoms with Gasteiger partial charge in [-0.25, -0.2) is 0 Å². The van der Waals surface area contributed by atoms with Crippen LogP contribution in [-0.2, 0) is 6.42 Å². The minimum atomic E-state index is 0.248. The minimum absolute atomic E-state index is 0.248. The molecule has 0 amide bonds. The standard InChI is InChI=1S/C12H16ClN/c1-3-12(2)8-7-9-10(13)5-4-6-11(9)14-12/h4-6,14H,3,7-8H2,1-2H3. The lowest BCUT2D eigenvalue weighted by Crippen LogP contribution is -2.37.